The first-order valence-corrected chi connectivity index (χ1v) is 11.1. The van der Waals surface area contributed by atoms with Gasteiger partial charge in [-0.2, -0.15) is 0 Å². The van der Waals surface area contributed by atoms with E-state index in [0.29, 0.717) is 21.8 Å². The molecule has 4 aromatic rings. The zero-order valence-corrected chi connectivity index (χ0v) is 18.5. The maximum atomic E-state index is 12.8. The number of amides is 1. The summed E-state index contributed by atoms with van der Waals surface area (Å²) in [5, 5.41) is 4.02. The summed E-state index contributed by atoms with van der Waals surface area (Å²) in [6.07, 6.45) is 1.70. The molecule has 1 heterocycles. The van der Waals surface area contributed by atoms with Crippen molar-refractivity contribution in [1.29, 1.82) is 0 Å². The van der Waals surface area contributed by atoms with Crippen LogP contribution in [-0.2, 0) is 20.9 Å². The SMILES string of the molecule is CCCC(NC(=O)COC(=O)Cn1c2ccccc2c(=O)c2ccccc21)c1ccccc1. The van der Waals surface area contributed by atoms with Crippen molar-refractivity contribution in [3.8, 4) is 0 Å². The molecule has 6 heteroatoms. The summed E-state index contributed by atoms with van der Waals surface area (Å²) in [5.74, 6) is -0.892. The summed E-state index contributed by atoms with van der Waals surface area (Å²) >= 11 is 0. The normalized spacial score (nSPS) is 11.9. The molecule has 1 aromatic heterocycles. The lowest BCUT2D eigenvalue weighted by Gasteiger charge is -2.19. The number of fused-ring (bicyclic) bond motifs is 2. The van der Waals surface area contributed by atoms with Gasteiger partial charge in [0, 0.05) is 10.8 Å². The number of rotatable bonds is 8. The molecule has 0 saturated heterocycles. The average molecular weight is 443 g/mol. The van der Waals surface area contributed by atoms with Crippen LogP contribution in [0.25, 0.3) is 21.8 Å². The second-order valence-electron chi connectivity index (χ2n) is 7.93. The molecule has 0 aliphatic rings. The molecule has 0 radical (unpaired) electrons. The molecule has 1 unspecified atom stereocenters. The summed E-state index contributed by atoms with van der Waals surface area (Å²) in [7, 11) is 0. The largest absolute Gasteiger partial charge is 0.454 e. The fourth-order valence-corrected chi connectivity index (χ4v) is 4.10. The molecule has 4 rings (SSSR count). The highest BCUT2D eigenvalue weighted by molar-refractivity contribution is 5.94. The number of carbonyl (C=O) groups is 2. The number of para-hydroxylation sites is 2. The van der Waals surface area contributed by atoms with Gasteiger partial charge in [0.25, 0.3) is 5.91 Å². The molecule has 0 saturated carbocycles. The number of nitrogens with zero attached hydrogens (tertiary/aromatic N) is 1. The van der Waals surface area contributed by atoms with Gasteiger partial charge in [-0.3, -0.25) is 14.4 Å². The predicted molar refractivity (Wildman–Crippen MR) is 129 cm³/mol. The Balaban J connectivity index is 1.48. The Hall–Kier alpha value is -3.93. The minimum Gasteiger partial charge on any atom is -0.454 e. The van der Waals surface area contributed by atoms with E-state index in [4.69, 9.17) is 4.74 Å². The van der Waals surface area contributed by atoms with E-state index >= 15 is 0 Å². The van der Waals surface area contributed by atoms with E-state index < -0.39 is 5.97 Å². The number of benzene rings is 3. The van der Waals surface area contributed by atoms with Crippen LogP contribution in [0, 0.1) is 0 Å². The van der Waals surface area contributed by atoms with Crippen LogP contribution in [0.4, 0.5) is 0 Å². The molecule has 0 spiro atoms. The number of ether oxygens (including phenoxy) is 1. The fraction of sp³-hybridized carbons (Fsp3) is 0.222. The van der Waals surface area contributed by atoms with Gasteiger partial charge in [0.15, 0.2) is 12.0 Å². The van der Waals surface area contributed by atoms with Gasteiger partial charge in [-0.1, -0.05) is 67.9 Å². The first-order chi connectivity index (χ1) is 16.1. The number of hydrogen-bond donors (Lipinski definition) is 1. The van der Waals surface area contributed by atoms with E-state index in [9.17, 15) is 14.4 Å². The van der Waals surface area contributed by atoms with Crippen LogP contribution in [-0.4, -0.2) is 23.1 Å². The third-order valence-corrected chi connectivity index (χ3v) is 5.64. The molecule has 6 nitrogen and oxygen atoms in total. The Morgan fingerprint density at radius 1 is 0.879 bits per heavy atom. The van der Waals surface area contributed by atoms with Gasteiger partial charge in [-0.25, -0.2) is 0 Å². The Bertz CT molecular complexity index is 1280. The van der Waals surface area contributed by atoms with E-state index in [-0.39, 0.29) is 30.5 Å². The van der Waals surface area contributed by atoms with Crippen molar-refractivity contribution in [3.05, 3.63) is 94.6 Å². The summed E-state index contributed by atoms with van der Waals surface area (Å²) < 4.78 is 7.06. The minimum absolute atomic E-state index is 0.0759. The number of hydrogen-bond acceptors (Lipinski definition) is 4. The second-order valence-corrected chi connectivity index (χ2v) is 7.93. The third kappa shape index (κ3) is 4.95. The van der Waals surface area contributed by atoms with E-state index in [2.05, 4.69) is 12.2 Å². The molecule has 168 valence electrons. The summed E-state index contributed by atoms with van der Waals surface area (Å²) in [5.41, 5.74) is 2.24. The number of esters is 1. The smallest absolute Gasteiger partial charge is 0.326 e. The van der Waals surface area contributed by atoms with E-state index in [1.54, 1.807) is 41.0 Å². The Morgan fingerprint density at radius 2 is 1.45 bits per heavy atom. The predicted octanol–water partition coefficient (Wildman–Crippen LogP) is 4.36. The van der Waals surface area contributed by atoms with Crippen molar-refractivity contribution in [2.24, 2.45) is 0 Å². The lowest BCUT2D eigenvalue weighted by atomic mass is 10.0. The molecule has 0 fully saturated rings. The maximum Gasteiger partial charge on any atom is 0.326 e. The quantitative estimate of drug-likeness (QED) is 0.325. The third-order valence-electron chi connectivity index (χ3n) is 5.64. The van der Waals surface area contributed by atoms with Crippen LogP contribution < -0.4 is 10.7 Å². The van der Waals surface area contributed by atoms with Crippen LogP contribution in [0.2, 0.25) is 0 Å². The lowest BCUT2D eigenvalue weighted by Crippen LogP contribution is -2.33. The van der Waals surface area contributed by atoms with Gasteiger partial charge in [0.05, 0.1) is 17.1 Å². The van der Waals surface area contributed by atoms with Crippen molar-refractivity contribution in [3.63, 3.8) is 0 Å². The molecular weight excluding hydrogens is 416 g/mol. The number of aromatic nitrogens is 1. The molecule has 1 atom stereocenters. The van der Waals surface area contributed by atoms with E-state index in [1.165, 1.54) is 0 Å². The van der Waals surface area contributed by atoms with Crippen LogP contribution in [0.15, 0.2) is 83.7 Å². The van der Waals surface area contributed by atoms with Gasteiger partial charge in [0.1, 0.15) is 6.54 Å². The topological polar surface area (TPSA) is 77.4 Å². The lowest BCUT2D eigenvalue weighted by molar-refractivity contribution is -0.149. The van der Waals surface area contributed by atoms with Crippen LogP contribution >= 0.6 is 0 Å². The highest BCUT2D eigenvalue weighted by Crippen LogP contribution is 2.20. The van der Waals surface area contributed by atoms with Crippen molar-refractivity contribution < 1.29 is 14.3 Å². The van der Waals surface area contributed by atoms with Crippen LogP contribution in [0.3, 0.4) is 0 Å². The molecule has 3 aromatic carbocycles. The highest BCUT2D eigenvalue weighted by atomic mass is 16.5. The highest BCUT2D eigenvalue weighted by Gasteiger charge is 2.17. The van der Waals surface area contributed by atoms with Gasteiger partial charge in [-0.15, -0.1) is 0 Å². The zero-order valence-electron chi connectivity index (χ0n) is 18.5. The van der Waals surface area contributed by atoms with E-state index in [0.717, 1.165) is 18.4 Å². The number of carbonyl (C=O) groups excluding carboxylic acids is 2. The number of nitrogens with one attached hydrogen (secondary N) is 1. The molecule has 0 aliphatic carbocycles. The van der Waals surface area contributed by atoms with Gasteiger partial charge < -0.3 is 14.6 Å². The number of pyridine rings is 1. The van der Waals surface area contributed by atoms with Crippen LogP contribution in [0.1, 0.15) is 31.4 Å². The van der Waals surface area contributed by atoms with Crippen LogP contribution in [0.5, 0.6) is 0 Å². The van der Waals surface area contributed by atoms with Crippen molar-refractivity contribution in [2.45, 2.75) is 32.4 Å². The summed E-state index contributed by atoms with van der Waals surface area (Å²) in [6, 6.07) is 24.0. The first kappa shape index (κ1) is 22.3. The van der Waals surface area contributed by atoms with Crippen molar-refractivity contribution >= 4 is 33.7 Å². The van der Waals surface area contributed by atoms with E-state index in [1.807, 2.05) is 42.5 Å². The second kappa shape index (κ2) is 10.1. The van der Waals surface area contributed by atoms with Crippen molar-refractivity contribution in [2.75, 3.05) is 6.61 Å². The Kier molecular flexibility index (Phi) is 6.83. The van der Waals surface area contributed by atoms with Gasteiger partial charge in [0.2, 0.25) is 0 Å². The Morgan fingerprint density at radius 3 is 2.06 bits per heavy atom. The van der Waals surface area contributed by atoms with Gasteiger partial charge >= 0.3 is 5.97 Å². The summed E-state index contributed by atoms with van der Waals surface area (Å²) in [4.78, 5) is 38.0. The first-order valence-electron chi connectivity index (χ1n) is 11.1. The minimum atomic E-state index is -0.546. The molecule has 1 amide bonds. The Labute approximate surface area is 191 Å². The molecule has 0 bridgehead atoms. The molecular formula is C27H26N2O4. The fourth-order valence-electron chi connectivity index (χ4n) is 4.10. The zero-order chi connectivity index (χ0) is 23.2. The average Bonchev–Trinajstić information content (AvgIpc) is 2.85. The molecule has 33 heavy (non-hydrogen) atoms. The van der Waals surface area contributed by atoms with Crippen molar-refractivity contribution in [1.82, 2.24) is 9.88 Å². The standard InChI is InChI=1S/C27H26N2O4/c1-2-10-22(19-11-4-3-5-12-19)28-25(30)18-33-26(31)17-29-23-15-8-6-13-20(23)27(32)21-14-7-9-16-24(21)29/h3-9,11-16,22H,2,10,17-18H2,1H3,(H,28,30). The maximum absolute atomic E-state index is 12.8. The summed E-state index contributed by atoms with van der Waals surface area (Å²) in [6.45, 7) is 1.59. The monoisotopic (exact) mass is 442 g/mol. The van der Waals surface area contributed by atoms with Gasteiger partial charge in [-0.05, 0) is 36.2 Å². The molecule has 1 N–H and O–H groups in total. The molecule has 0 aliphatic heterocycles.